The minimum absolute atomic E-state index is 0.0596. The van der Waals surface area contributed by atoms with Gasteiger partial charge in [-0.25, -0.2) is 17.2 Å². The fraction of sp³-hybridized carbons (Fsp3) is 0.571. The third-order valence-electron chi connectivity index (χ3n) is 4.41. The summed E-state index contributed by atoms with van der Waals surface area (Å²) in [6.45, 7) is 0. The molecule has 116 valence electrons. The molecule has 2 atom stereocenters. The van der Waals surface area contributed by atoms with E-state index in [1.807, 2.05) is 6.26 Å². The molecule has 7 heteroatoms. The Hall–Kier alpha value is -0.660. The molecule has 2 bridgehead atoms. The molecule has 0 amide bonds. The number of sulfonamides is 1. The molecule has 2 aliphatic heterocycles. The molecule has 1 aromatic rings. The zero-order chi connectivity index (χ0) is 15.2. The van der Waals surface area contributed by atoms with E-state index in [1.165, 1.54) is 4.31 Å². The Labute approximate surface area is 127 Å². The van der Waals surface area contributed by atoms with E-state index in [0.717, 1.165) is 37.8 Å². The summed E-state index contributed by atoms with van der Waals surface area (Å²) in [5.41, 5.74) is 0. The van der Waals surface area contributed by atoms with E-state index in [0.29, 0.717) is 11.3 Å². The first kappa shape index (κ1) is 15.2. The van der Waals surface area contributed by atoms with Crippen LogP contribution < -0.4 is 0 Å². The number of hydrogen-bond donors (Lipinski definition) is 0. The Morgan fingerprint density at radius 3 is 2.33 bits per heavy atom. The summed E-state index contributed by atoms with van der Waals surface area (Å²) in [4.78, 5) is -0.414. The van der Waals surface area contributed by atoms with Gasteiger partial charge in [0.1, 0.15) is 16.5 Å². The topological polar surface area (TPSA) is 37.4 Å². The molecule has 2 aliphatic rings. The summed E-state index contributed by atoms with van der Waals surface area (Å²) in [5.74, 6) is -1.78. The summed E-state index contributed by atoms with van der Waals surface area (Å²) in [6.07, 6.45) is 5.29. The van der Waals surface area contributed by atoms with Gasteiger partial charge in [-0.3, -0.25) is 0 Å². The second kappa shape index (κ2) is 5.52. The van der Waals surface area contributed by atoms with Gasteiger partial charge in [-0.1, -0.05) is 0 Å². The van der Waals surface area contributed by atoms with Gasteiger partial charge in [-0.2, -0.15) is 16.1 Å². The highest BCUT2D eigenvalue weighted by molar-refractivity contribution is 7.99. The van der Waals surface area contributed by atoms with Crippen molar-refractivity contribution in [1.29, 1.82) is 0 Å². The standard InChI is InChI=1S/C14H17F2NO2S2/c1-20-12-7-10-3-4-11(8-12)17(10)21(18,19)14-5-2-9(15)6-13(14)16/h2,5-6,10-12H,3-4,7-8H2,1H3. The number of thioether (sulfide) groups is 1. The van der Waals surface area contributed by atoms with Gasteiger partial charge in [0.2, 0.25) is 10.0 Å². The van der Waals surface area contributed by atoms with Gasteiger partial charge in [0, 0.05) is 23.4 Å². The van der Waals surface area contributed by atoms with Crippen LogP contribution in [0.4, 0.5) is 8.78 Å². The van der Waals surface area contributed by atoms with Crippen LogP contribution in [0.2, 0.25) is 0 Å². The minimum atomic E-state index is -3.89. The van der Waals surface area contributed by atoms with Crippen LogP contribution in [-0.4, -0.2) is 36.3 Å². The fourth-order valence-corrected chi connectivity index (χ4v) is 6.24. The lowest BCUT2D eigenvalue weighted by atomic mass is 10.1. The van der Waals surface area contributed by atoms with Crippen molar-refractivity contribution in [3.05, 3.63) is 29.8 Å². The highest BCUT2D eigenvalue weighted by Gasteiger charge is 2.47. The van der Waals surface area contributed by atoms with Crippen molar-refractivity contribution in [3.63, 3.8) is 0 Å². The summed E-state index contributed by atoms with van der Waals surface area (Å²) >= 11 is 1.76. The van der Waals surface area contributed by atoms with E-state index < -0.39 is 26.6 Å². The number of benzene rings is 1. The Balaban J connectivity index is 1.96. The van der Waals surface area contributed by atoms with Crippen LogP contribution in [0.5, 0.6) is 0 Å². The lowest BCUT2D eigenvalue weighted by Gasteiger charge is -2.37. The number of halogens is 2. The van der Waals surface area contributed by atoms with Crippen molar-refractivity contribution in [3.8, 4) is 0 Å². The van der Waals surface area contributed by atoms with E-state index in [-0.39, 0.29) is 12.1 Å². The maximum atomic E-state index is 13.9. The van der Waals surface area contributed by atoms with Gasteiger partial charge in [0.25, 0.3) is 0 Å². The molecule has 0 N–H and O–H groups in total. The molecule has 0 spiro atoms. The number of hydrogen-bond acceptors (Lipinski definition) is 3. The van der Waals surface area contributed by atoms with E-state index in [1.54, 1.807) is 11.8 Å². The molecule has 0 aromatic heterocycles. The fourth-order valence-electron chi connectivity index (χ4n) is 3.47. The second-order valence-electron chi connectivity index (χ2n) is 5.62. The predicted molar refractivity (Wildman–Crippen MR) is 78.7 cm³/mol. The molecular formula is C14H17F2NO2S2. The van der Waals surface area contributed by atoms with Crippen molar-refractivity contribution < 1.29 is 17.2 Å². The van der Waals surface area contributed by atoms with Crippen LogP contribution in [0.25, 0.3) is 0 Å². The smallest absolute Gasteiger partial charge is 0.207 e. The average molecular weight is 333 g/mol. The molecule has 3 nitrogen and oxygen atoms in total. The maximum Gasteiger partial charge on any atom is 0.246 e. The maximum absolute atomic E-state index is 13.9. The third-order valence-corrected chi connectivity index (χ3v) is 7.50. The molecule has 2 heterocycles. The quantitative estimate of drug-likeness (QED) is 0.853. The minimum Gasteiger partial charge on any atom is -0.207 e. The zero-order valence-corrected chi connectivity index (χ0v) is 13.3. The van der Waals surface area contributed by atoms with E-state index in [2.05, 4.69) is 0 Å². The molecule has 2 unspecified atom stereocenters. The van der Waals surface area contributed by atoms with Crippen LogP contribution >= 0.6 is 11.8 Å². The normalized spacial score (nSPS) is 29.8. The SMILES string of the molecule is CSC1CC2CCC(C1)N2S(=O)(=O)c1ccc(F)cc1F. The van der Waals surface area contributed by atoms with Crippen LogP contribution in [0.3, 0.4) is 0 Å². The Bertz CT molecular complexity index is 636. The first-order valence-corrected chi connectivity index (χ1v) is 9.67. The van der Waals surface area contributed by atoms with Crippen LogP contribution in [-0.2, 0) is 10.0 Å². The molecule has 0 saturated carbocycles. The van der Waals surface area contributed by atoms with E-state index in [9.17, 15) is 17.2 Å². The molecule has 0 aliphatic carbocycles. The first-order valence-electron chi connectivity index (χ1n) is 6.95. The Morgan fingerprint density at radius 2 is 1.81 bits per heavy atom. The first-order chi connectivity index (χ1) is 9.93. The molecule has 0 radical (unpaired) electrons. The molecule has 21 heavy (non-hydrogen) atoms. The molecule has 2 saturated heterocycles. The van der Waals surface area contributed by atoms with Crippen molar-refractivity contribution in [1.82, 2.24) is 4.31 Å². The largest absolute Gasteiger partial charge is 0.246 e. The van der Waals surface area contributed by atoms with Crippen molar-refractivity contribution in [2.24, 2.45) is 0 Å². The van der Waals surface area contributed by atoms with Gasteiger partial charge in [-0.15, -0.1) is 0 Å². The van der Waals surface area contributed by atoms with Crippen molar-refractivity contribution in [2.75, 3.05) is 6.26 Å². The summed E-state index contributed by atoms with van der Waals surface area (Å²) in [5, 5.41) is 0.465. The molecule has 3 rings (SSSR count). The van der Waals surface area contributed by atoms with Gasteiger partial charge in [-0.05, 0) is 44.1 Å². The number of nitrogens with zero attached hydrogens (tertiary/aromatic N) is 1. The Morgan fingerprint density at radius 1 is 1.19 bits per heavy atom. The van der Waals surface area contributed by atoms with Crippen LogP contribution in [0.15, 0.2) is 23.1 Å². The highest BCUT2D eigenvalue weighted by atomic mass is 32.2. The second-order valence-corrected chi connectivity index (χ2v) is 8.57. The summed E-state index contributed by atoms with van der Waals surface area (Å²) < 4.78 is 53.8. The summed E-state index contributed by atoms with van der Waals surface area (Å²) in [6, 6.07) is 2.53. The van der Waals surface area contributed by atoms with Crippen molar-refractivity contribution >= 4 is 21.8 Å². The monoisotopic (exact) mass is 333 g/mol. The van der Waals surface area contributed by atoms with E-state index >= 15 is 0 Å². The predicted octanol–water partition coefficient (Wildman–Crippen LogP) is 3.01. The lowest BCUT2D eigenvalue weighted by molar-refractivity contribution is 0.252. The zero-order valence-electron chi connectivity index (χ0n) is 11.6. The van der Waals surface area contributed by atoms with E-state index in [4.69, 9.17) is 0 Å². The number of rotatable bonds is 3. The number of fused-ring (bicyclic) bond motifs is 2. The molecule has 1 aromatic carbocycles. The summed E-state index contributed by atoms with van der Waals surface area (Å²) in [7, 11) is -3.89. The number of piperidine rings is 1. The third kappa shape index (κ3) is 2.59. The van der Waals surface area contributed by atoms with Gasteiger partial charge in [0.05, 0.1) is 0 Å². The Kier molecular flexibility index (Phi) is 4.00. The van der Waals surface area contributed by atoms with Gasteiger partial charge >= 0.3 is 0 Å². The molecule has 2 fully saturated rings. The van der Waals surface area contributed by atoms with Crippen LogP contribution in [0.1, 0.15) is 25.7 Å². The lowest BCUT2D eigenvalue weighted by Crippen LogP contribution is -2.47. The van der Waals surface area contributed by atoms with Crippen molar-refractivity contribution in [2.45, 2.75) is 47.9 Å². The van der Waals surface area contributed by atoms with Gasteiger partial charge in [0.15, 0.2) is 0 Å². The highest BCUT2D eigenvalue weighted by Crippen LogP contribution is 2.42. The van der Waals surface area contributed by atoms with Crippen LogP contribution in [0, 0.1) is 11.6 Å². The molecular weight excluding hydrogens is 316 g/mol. The van der Waals surface area contributed by atoms with Gasteiger partial charge < -0.3 is 0 Å². The average Bonchev–Trinajstić information content (AvgIpc) is 2.70.